The number of nitrogens with one attached hydrogen (secondary N) is 1. The van der Waals surface area contributed by atoms with Gasteiger partial charge >= 0.3 is 0 Å². The molecule has 1 atom stereocenters. The van der Waals surface area contributed by atoms with Crippen LogP contribution in [0.2, 0.25) is 0 Å². The Balaban J connectivity index is 0.00000300. The lowest BCUT2D eigenvalue weighted by Crippen LogP contribution is -2.36. The number of ether oxygens (including phenoxy) is 3. The highest BCUT2D eigenvalue weighted by molar-refractivity contribution is 8.93. The number of halogens is 1. The quantitative estimate of drug-likeness (QED) is 0.563. The van der Waals surface area contributed by atoms with Gasteiger partial charge in [-0.15, -0.1) is 17.0 Å². The predicted octanol–water partition coefficient (Wildman–Crippen LogP) is 1.93. The summed E-state index contributed by atoms with van der Waals surface area (Å²) in [7, 11) is 5.04. The van der Waals surface area contributed by atoms with E-state index in [1.165, 1.54) is 0 Å². The number of amides is 1. The maximum absolute atomic E-state index is 12.0. The van der Waals surface area contributed by atoms with Crippen LogP contribution in [-0.4, -0.2) is 62.9 Å². The van der Waals surface area contributed by atoms with Crippen molar-refractivity contribution in [2.75, 3.05) is 51.6 Å². The van der Waals surface area contributed by atoms with Crippen molar-refractivity contribution in [2.24, 2.45) is 0 Å². The maximum Gasteiger partial charge on any atom is 0.249 e. The van der Waals surface area contributed by atoms with Gasteiger partial charge in [0.15, 0.2) is 11.5 Å². The highest BCUT2D eigenvalue weighted by Crippen LogP contribution is 2.33. The average Bonchev–Trinajstić information content (AvgIpc) is 3.24. The van der Waals surface area contributed by atoms with E-state index in [0.717, 1.165) is 19.3 Å². The number of benzene rings is 1. The molecule has 9 nitrogen and oxygen atoms in total. The number of carbonyl (C=O) groups excluding carboxylic acids is 1. The molecule has 1 aromatic carbocycles. The number of hydrogen-bond donors (Lipinski definition) is 2. The molecule has 1 amide bonds. The molecule has 0 bridgehead atoms. The van der Waals surface area contributed by atoms with Crippen molar-refractivity contribution in [1.82, 2.24) is 15.3 Å². The Labute approximate surface area is 180 Å². The van der Waals surface area contributed by atoms with E-state index in [-0.39, 0.29) is 29.0 Å². The van der Waals surface area contributed by atoms with Crippen molar-refractivity contribution in [3.05, 3.63) is 12.1 Å². The molecular formula is C19H28BrN5O4. The van der Waals surface area contributed by atoms with Crippen molar-refractivity contribution in [1.29, 1.82) is 0 Å². The minimum absolute atomic E-state index is 0. The van der Waals surface area contributed by atoms with Crippen LogP contribution in [0.4, 0.5) is 11.8 Å². The first kappa shape index (κ1) is 23.0. The molecule has 0 spiro atoms. The highest BCUT2D eigenvalue weighted by atomic mass is 79.9. The Morgan fingerprint density at radius 2 is 2.03 bits per heavy atom. The summed E-state index contributed by atoms with van der Waals surface area (Å²) >= 11 is 0. The van der Waals surface area contributed by atoms with Gasteiger partial charge in [-0.25, -0.2) is 4.98 Å². The molecule has 10 heteroatoms. The molecule has 3 N–H and O–H groups in total. The molecule has 1 fully saturated rings. The van der Waals surface area contributed by atoms with Crippen LogP contribution in [0.15, 0.2) is 12.1 Å². The van der Waals surface area contributed by atoms with Crippen molar-refractivity contribution < 1.29 is 19.0 Å². The SMILES string of the molecule is Br.COc1cc2nc(N(C)CCCNC(=O)C3CCCO3)nc(N)c2cc1OC. The van der Waals surface area contributed by atoms with Gasteiger partial charge in [-0.2, -0.15) is 4.98 Å². The van der Waals surface area contributed by atoms with Gasteiger partial charge in [-0.1, -0.05) is 0 Å². The third-order valence-electron chi connectivity index (χ3n) is 4.75. The maximum atomic E-state index is 12.0. The first-order valence-electron chi connectivity index (χ1n) is 9.33. The normalized spacial score (nSPS) is 15.6. The van der Waals surface area contributed by atoms with E-state index in [2.05, 4.69) is 15.3 Å². The molecule has 1 aromatic heterocycles. The van der Waals surface area contributed by atoms with Gasteiger partial charge in [0, 0.05) is 38.2 Å². The number of nitrogen functional groups attached to an aromatic ring is 1. The van der Waals surface area contributed by atoms with E-state index in [9.17, 15) is 4.79 Å². The van der Waals surface area contributed by atoms with Crippen molar-refractivity contribution in [3.8, 4) is 11.5 Å². The summed E-state index contributed by atoms with van der Waals surface area (Å²) in [5.41, 5.74) is 6.81. The van der Waals surface area contributed by atoms with Crippen LogP contribution in [0.5, 0.6) is 11.5 Å². The molecular weight excluding hydrogens is 442 g/mol. The number of methoxy groups -OCH3 is 2. The van der Waals surface area contributed by atoms with Gasteiger partial charge in [0.25, 0.3) is 0 Å². The number of fused-ring (bicyclic) bond motifs is 1. The van der Waals surface area contributed by atoms with E-state index in [4.69, 9.17) is 19.9 Å². The lowest BCUT2D eigenvalue weighted by Gasteiger charge is -2.19. The van der Waals surface area contributed by atoms with Gasteiger partial charge in [0.1, 0.15) is 11.9 Å². The van der Waals surface area contributed by atoms with Crippen LogP contribution >= 0.6 is 17.0 Å². The van der Waals surface area contributed by atoms with Gasteiger partial charge < -0.3 is 30.2 Å². The second-order valence-corrected chi connectivity index (χ2v) is 6.70. The van der Waals surface area contributed by atoms with Crippen molar-refractivity contribution in [3.63, 3.8) is 0 Å². The van der Waals surface area contributed by atoms with E-state index in [0.29, 0.717) is 53.9 Å². The minimum atomic E-state index is -0.298. The first-order chi connectivity index (χ1) is 13.5. The molecule has 160 valence electrons. The predicted molar refractivity (Wildman–Crippen MR) is 117 cm³/mol. The lowest BCUT2D eigenvalue weighted by atomic mass is 10.2. The van der Waals surface area contributed by atoms with Crippen molar-refractivity contribution >= 4 is 45.6 Å². The minimum Gasteiger partial charge on any atom is -0.493 e. The number of aromatic nitrogens is 2. The summed E-state index contributed by atoms with van der Waals surface area (Å²) in [5.74, 6) is 2.02. The third kappa shape index (κ3) is 5.39. The Kier molecular flexibility index (Phi) is 8.27. The van der Waals surface area contributed by atoms with Crippen molar-refractivity contribution in [2.45, 2.75) is 25.4 Å². The highest BCUT2D eigenvalue weighted by Gasteiger charge is 2.22. The average molecular weight is 470 g/mol. The number of nitrogens with zero attached hydrogens (tertiary/aromatic N) is 3. The summed E-state index contributed by atoms with van der Waals surface area (Å²) in [6, 6.07) is 3.55. The van der Waals surface area contributed by atoms with E-state index >= 15 is 0 Å². The van der Waals surface area contributed by atoms with E-state index < -0.39 is 0 Å². The molecule has 0 radical (unpaired) electrons. The zero-order valence-electron chi connectivity index (χ0n) is 16.9. The van der Waals surface area contributed by atoms with E-state index in [1.54, 1.807) is 26.4 Å². The molecule has 1 saturated heterocycles. The fraction of sp³-hybridized carbons (Fsp3) is 0.526. The molecule has 0 saturated carbocycles. The van der Waals surface area contributed by atoms with Crippen LogP contribution in [0.25, 0.3) is 10.9 Å². The number of nitrogens with two attached hydrogens (primary N) is 1. The van der Waals surface area contributed by atoms with E-state index in [1.807, 2.05) is 11.9 Å². The number of carbonyl (C=O) groups is 1. The number of anilines is 2. The Morgan fingerprint density at radius 3 is 2.69 bits per heavy atom. The van der Waals surface area contributed by atoms with Crippen LogP contribution < -0.4 is 25.4 Å². The Hall–Kier alpha value is -2.33. The molecule has 0 aliphatic carbocycles. The smallest absolute Gasteiger partial charge is 0.249 e. The molecule has 1 unspecified atom stereocenters. The van der Waals surface area contributed by atoms with Gasteiger partial charge in [0.2, 0.25) is 11.9 Å². The first-order valence-corrected chi connectivity index (χ1v) is 9.33. The standard InChI is InChI=1S/C19H27N5O4.BrH/c1-24(8-5-7-21-18(25)14-6-4-9-28-14)19-22-13-11-16(27-3)15(26-2)10-12(13)17(20)23-19;/h10-11,14H,4-9H2,1-3H3,(H,21,25)(H2,20,22,23);1H. The molecule has 2 aromatic rings. The second-order valence-electron chi connectivity index (χ2n) is 6.70. The summed E-state index contributed by atoms with van der Waals surface area (Å²) in [6.07, 6.45) is 2.19. The Bertz CT molecular complexity index is 845. The molecule has 1 aliphatic rings. The van der Waals surface area contributed by atoms with Gasteiger partial charge in [-0.05, 0) is 25.3 Å². The molecule has 2 heterocycles. The number of rotatable bonds is 8. The summed E-state index contributed by atoms with van der Waals surface area (Å²) in [4.78, 5) is 22.8. The fourth-order valence-corrected chi connectivity index (χ4v) is 3.16. The Morgan fingerprint density at radius 1 is 1.31 bits per heavy atom. The van der Waals surface area contributed by atoms with Gasteiger partial charge in [0.05, 0.1) is 19.7 Å². The van der Waals surface area contributed by atoms with Crippen LogP contribution in [-0.2, 0) is 9.53 Å². The zero-order valence-corrected chi connectivity index (χ0v) is 18.6. The van der Waals surface area contributed by atoms with Gasteiger partial charge in [-0.3, -0.25) is 4.79 Å². The topological polar surface area (TPSA) is 112 Å². The number of hydrogen-bond acceptors (Lipinski definition) is 8. The molecule has 29 heavy (non-hydrogen) atoms. The largest absolute Gasteiger partial charge is 0.493 e. The fourth-order valence-electron chi connectivity index (χ4n) is 3.16. The lowest BCUT2D eigenvalue weighted by molar-refractivity contribution is -0.130. The summed E-state index contributed by atoms with van der Waals surface area (Å²) in [5, 5.41) is 3.62. The zero-order chi connectivity index (χ0) is 20.1. The molecule has 3 rings (SSSR count). The van der Waals surface area contributed by atoms with Crippen LogP contribution in [0.1, 0.15) is 19.3 Å². The summed E-state index contributed by atoms with van der Waals surface area (Å²) < 4.78 is 16.0. The monoisotopic (exact) mass is 469 g/mol. The third-order valence-corrected chi connectivity index (χ3v) is 4.75. The van der Waals surface area contributed by atoms with Crippen LogP contribution in [0.3, 0.4) is 0 Å². The summed E-state index contributed by atoms with van der Waals surface area (Å²) in [6.45, 7) is 1.90. The van der Waals surface area contributed by atoms with Crippen LogP contribution in [0, 0.1) is 0 Å². The molecule has 1 aliphatic heterocycles. The second kappa shape index (κ2) is 10.4.